The summed E-state index contributed by atoms with van der Waals surface area (Å²) in [7, 11) is 0. The Balaban J connectivity index is 2.24. The first-order chi connectivity index (χ1) is 9.33. The van der Waals surface area contributed by atoms with E-state index in [1.54, 1.807) is 18.4 Å². The van der Waals surface area contributed by atoms with Crippen LogP contribution in [0.1, 0.15) is 5.56 Å². The second-order valence-corrected chi connectivity index (χ2v) is 3.88. The summed E-state index contributed by atoms with van der Waals surface area (Å²) < 4.78 is 0. The summed E-state index contributed by atoms with van der Waals surface area (Å²) in [4.78, 5) is 0. The third kappa shape index (κ3) is 3.21. The van der Waals surface area contributed by atoms with E-state index in [2.05, 4.69) is 5.32 Å². The molecule has 0 radical (unpaired) electrons. The van der Waals surface area contributed by atoms with Crippen molar-refractivity contribution in [3.63, 3.8) is 0 Å². The van der Waals surface area contributed by atoms with E-state index in [4.69, 9.17) is 10.5 Å². The Hall–Kier alpha value is -3.04. The lowest BCUT2D eigenvalue weighted by Gasteiger charge is -2.08. The highest BCUT2D eigenvalue weighted by Crippen LogP contribution is 2.14. The van der Waals surface area contributed by atoms with Gasteiger partial charge < -0.3 is 5.32 Å². The molecule has 0 aliphatic carbocycles. The lowest BCUT2D eigenvalue weighted by molar-refractivity contribution is 1.09. The van der Waals surface area contributed by atoms with Gasteiger partial charge in [-0.3, -0.25) is 0 Å². The van der Waals surface area contributed by atoms with E-state index in [9.17, 15) is 0 Å². The van der Waals surface area contributed by atoms with E-state index in [1.807, 2.05) is 54.6 Å². The molecule has 1 aliphatic heterocycles. The van der Waals surface area contributed by atoms with Crippen LogP contribution in [0.3, 0.4) is 0 Å². The highest BCUT2D eigenvalue weighted by atomic mass is 14.8. The molecular weight excluding hydrogens is 234 g/mol. The summed E-state index contributed by atoms with van der Waals surface area (Å²) in [5, 5.41) is 20.7. The third-order valence-corrected chi connectivity index (χ3v) is 2.59. The Bertz CT molecular complexity index is 646. The molecule has 0 saturated carbocycles. The molecule has 0 fully saturated rings. The smallest absolute Gasteiger partial charge is 0.137 e. The van der Waals surface area contributed by atoms with E-state index < -0.39 is 0 Å². The molecule has 1 aromatic rings. The average molecular weight is 245 g/mol. The predicted octanol–water partition coefficient (Wildman–Crippen LogP) is 3.04. The molecule has 1 N–H and O–H groups in total. The van der Waals surface area contributed by atoms with Gasteiger partial charge in [-0.2, -0.15) is 10.5 Å². The van der Waals surface area contributed by atoms with Crippen molar-refractivity contribution in [2.75, 3.05) is 0 Å². The molecule has 1 heterocycles. The summed E-state index contributed by atoms with van der Waals surface area (Å²) in [5.41, 5.74) is 2.66. The number of rotatable bonds is 2. The second-order valence-electron chi connectivity index (χ2n) is 3.88. The van der Waals surface area contributed by atoms with Gasteiger partial charge in [-0.15, -0.1) is 0 Å². The average Bonchev–Trinajstić information content (AvgIpc) is 2.48. The zero-order chi connectivity index (χ0) is 13.5. The van der Waals surface area contributed by atoms with E-state index in [-0.39, 0.29) is 5.57 Å². The van der Waals surface area contributed by atoms with Gasteiger partial charge in [0.1, 0.15) is 17.7 Å². The van der Waals surface area contributed by atoms with E-state index >= 15 is 0 Å². The van der Waals surface area contributed by atoms with Gasteiger partial charge in [-0.25, -0.2) is 0 Å². The number of nitrogens with zero attached hydrogens (tertiary/aromatic N) is 2. The summed E-state index contributed by atoms with van der Waals surface area (Å²) in [6.45, 7) is 0. The molecule has 3 nitrogen and oxygen atoms in total. The zero-order valence-corrected chi connectivity index (χ0v) is 10.2. The highest BCUT2D eigenvalue weighted by Gasteiger charge is 2.04. The van der Waals surface area contributed by atoms with E-state index in [0.717, 1.165) is 11.3 Å². The first-order valence-electron chi connectivity index (χ1n) is 5.76. The highest BCUT2D eigenvalue weighted by molar-refractivity contribution is 5.57. The van der Waals surface area contributed by atoms with Gasteiger partial charge in [-0.05, 0) is 23.8 Å². The molecule has 0 aromatic heterocycles. The zero-order valence-electron chi connectivity index (χ0n) is 10.2. The van der Waals surface area contributed by atoms with Crippen LogP contribution in [0.2, 0.25) is 0 Å². The predicted molar refractivity (Wildman–Crippen MR) is 74.1 cm³/mol. The monoisotopic (exact) mass is 245 g/mol. The first-order valence-corrected chi connectivity index (χ1v) is 5.76. The fourth-order valence-electron chi connectivity index (χ4n) is 1.64. The third-order valence-electron chi connectivity index (χ3n) is 2.59. The maximum atomic E-state index is 8.84. The Morgan fingerprint density at radius 3 is 2.47 bits per heavy atom. The van der Waals surface area contributed by atoms with E-state index in [1.165, 1.54) is 0 Å². The van der Waals surface area contributed by atoms with E-state index in [0.29, 0.717) is 5.57 Å². The van der Waals surface area contributed by atoms with Crippen LogP contribution < -0.4 is 5.32 Å². The molecule has 1 aliphatic rings. The van der Waals surface area contributed by atoms with Crippen LogP contribution in [-0.2, 0) is 0 Å². The molecule has 19 heavy (non-hydrogen) atoms. The van der Waals surface area contributed by atoms with Crippen molar-refractivity contribution in [1.82, 2.24) is 5.32 Å². The SMILES string of the molecule is N#CC(C#N)=C1C=CNC(C=Cc2ccccc2)=C1. The molecule has 2 rings (SSSR count). The van der Waals surface area contributed by atoms with Crippen molar-refractivity contribution in [1.29, 1.82) is 10.5 Å². The molecule has 3 heteroatoms. The van der Waals surface area contributed by atoms with Crippen LogP contribution in [0.5, 0.6) is 0 Å². The summed E-state index contributed by atoms with van der Waals surface area (Å²) >= 11 is 0. The van der Waals surface area contributed by atoms with Crippen LogP contribution in [0.25, 0.3) is 6.08 Å². The van der Waals surface area contributed by atoms with Crippen LogP contribution in [0.15, 0.2) is 71.6 Å². The largest absolute Gasteiger partial charge is 0.362 e. The molecule has 0 atom stereocenters. The Labute approximate surface area is 112 Å². The maximum absolute atomic E-state index is 8.84. The van der Waals surface area contributed by atoms with Crippen LogP contribution in [0, 0.1) is 22.7 Å². The fourth-order valence-corrected chi connectivity index (χ4v) is 1.64. The van der Waals surface area contributed by atoms with Crippen LogP contribution in [-0.4, -0.2) is 0 Å². The molecule has 0 amide bonds. The maximum Gasteiger partial charge on any atom is 0.137 e. The molecule has 0 saturated heterocycles. The minimum atomic E-state index is 0.114. The quantitative estimate of drug-likeness (QED) is 0.815. The number of benzene rings is 1. The molecular formula is C16H11N3. The molecule has 1 aromatic carbocycles. The second kappa shape index (κ2) is 6.05. The number of hydrogen-bond acceptors (Lipinski definition) is 3. The van der Waals surface area contributed by atoms with Gasteiger partial charge in [0.15, 0.2) is 0 Å². The Morgan fingerprint density at radius 2 is 1.79 bits per heavy atom. The minimum Gasteiger partial charge on any atom is -0.362 e. The van der Waals surface area contributed by atoms with Gasteiger partial charge in [0, 0.05) is 17.5 Å². The number of nitriles is 2. The Kier molecular flexibility index (Phi) is 3.95. The van der Waals surface area contributed by atoms with Gasteiger partial charge in [0.05, 0.1) is 0 Å². The topological polar surface area (TPSA) is 59.6 Å². The Morgan fingerprint density at radius 1 is 1.05 bits per heavy atom. The summed E-state index contributed by atoms with van der Waals surface area (Å²) in [5.74, 6) is 0. The number of nitrogens with one attached hydrogen (secondary N) is 1. The normalized spacial score (nSPS) is 13.4. The van der Waals surface area contributed by atoms with Crippen molar-refractivity contribution in [2.24, 2.45) is 0 Å². The van der Waals surface area contributed by atoms with Crippen LogP contribution >= 0.6 is 0 Å². The molecule has 0 unspecified atom stereocenters. The van der Waals surface area contributed by atoms with Gasteiger partial charge in [0.2, 0.25) is 0 Å². The van der Waals surface area contributed by atoms with Gasteiger partial charge in [0.25, 0.3) is 0 Å². The molecule has 0 bridgehead atoms. The van der Waals surface area contributed by atoms with Crippen LogP contribution in [0.4, 0.5) is 0 Å². The van der Waals surface area contributed by atoms with Crippen molar-refractivity contribution >= 4 is 6.08 Å². The lowest BCUT2D eigenvalue weighted by atomic mass is 10.1. The lowest BCUT2D eigenvalue weighted by Crippen LogP contribution is -2.07. The first kappa shape index (κ1) is 12.4. The van der Waals surface area contributed by atoms with Crippen molar-refractivity contribution in [3.05, 3.63) is 77.2 Å². The van der Waals surface area contributed by atoms with Crippen molar-refractivity contribution in [3.8, 4) is 12.1 Å². The summed E-state index contributed by atoms with van der Waals surface area (Å²) in [6, 6.07) is 13.7. The number of allylic oxidation sites excluding steroid dienone is 5. The van der Waals surface area contributed by atoms with Gasteiger partial charge >= 0.3 is 0 Å². The van der Waals surface area contributed by atoms with Crippen molar-refractivity contribution < 1.29 is 0 Å². The molecule has 0 spiro atoms. The van der Waals surface area contributed by atoms with Gasteiger partial charge in [-0.1, -0.05) is 36.4 Å². The fraction of sp³-hybridized carbons (Fsp3) is 0. The van der Waals surface area contributed by atoms with Crippen molar-refractivity contribution in [2.45, 2.75) is 0 Å². The number of hydrogen-bond donors (Lipinski definition) is 1. The number of dihydropyridines is 1. The molecule has 90 valence electrons. The summed E-state index contributed by atoms with van der Waals surface area (Å²) in [6.07, 6.45) is 9.08. The minimum absolute atomic E-state index is 0.114. The standard InChI is InChI=1S/C16H11N3/c17-11-15(12-18)14-8-9-19-16(10-14)7-6-13-4-2-1-3-5-13/h1-10,19H.